The predicted octanol–water partition coefficient (Wildman–Crippen LogP) is 7.29. The summed E-state index contributed by atoms with van der Waals surface area (Å²) in [5.74, 6) is -0.709. The average molecular weight is 429 g/mol. The molecule has 0 bridgehead atoms. The van der Waals surface area contributed by atoms with Crippen molar-refractivity contribution in [1.82, 2.24) is 0 Å². The van der Waals surface area contributed by atoms with Crippen LogP contribution in [0, 0.1) is 6.92 Å². The van der Waals surface area contributed by atoms with Gasteiger partial charge in [-0.1, -0.05) is 101 Å². The molecule has 2 N–H and O–H groups in total. The number of nitrogens with one attached hydrogen (secondary N) is 1. The highest BCUT2D eigenvalue weighted by molar-refractivity contribution is 6.11. The summed E-state index contributed by atoms with van der Waals surface area (Å²) in [6.45, 7) is 4.38. The molecule has 1 aromatic rings. The zero-order valence-electron chi connectivity index (χ0n) is 19.5. The van der Waals surface area contributed by atoms with Crippen molar-refractivity contribution in [2.24, 2.45) is 0 Å². The first-order chi connectivity index (χ1) is 14.9. The lowest BCUT2D eigenvalue weighted by atomic mass is 9.79. The second-order valence-electron chi connectivity index (χ2n) is 8.49. The lowest BCUT2D eigenvalue weighted by molar-refractivity contribution is 0.0698. The quantitative estimate of drug-likeness (QED) is 0.201. The van der Waals surface area contributed by atoms with Gasteiger partial charge in [0.2, 0.25) is 0 Å². The van der Waals surface area contributed by atoms with E-state index in [4.69, 9.17) is 12.6 Å². The van der Waals surface area contributed by atoms with E-state index < -0.39 is 12.1 Å². The van der Waals surface area contributed by atoms with Gasteiger partial charge in [-0.3, -0.25) is 5.32 Å². The van der Waals surface area contributed by atoms with Gasteiger partial charge in [0.05, 0.1) is 25.7 Å². The fourth-order valence-electron chi connectivity index (χ4n) is 3.63. The smallest absolute Gasteiger partial charge is 0.411 e. The molecule has 1 atom stereocenters. The number of ether oxygens (including phenoxy) is 1. The third-order valence-electron chi connectivity index (χ3n) is 5.52. The molecule has 0 spiro atoms. The van der Waals surface area contributed by atoms with Crippen molar-refractivity contribution < 1.29 is 19.4 Å². The van der Waals surface area contributed by atoms with E-state index in [1.54, 1.807) is 19.1 Å². The lowest BCUT2D eigenvalue weighted by Crippen LogP contribution is -2.16. The number of carboxylic acid groups (broad SMARTS) is 1. The standard InChI is InChI=1S/C25H40BNO4/c1-3-4-5-11-14-21(26)15-12-9-7-6-8-10-13-18-31-25(30)27-23-17-16-20(2)19-22(23)24(28)29/h16-17,19,21H,3-15,18H2,1-2H3,(H,27,30)(H,28,29)/t21-/m1/s1. The van der Waals surface area contributed by atoms with Crippen LogP contribution in [0.1, 0.15) is 106 Å². The first-order valence-electron chi connectivity index (χ1n) is 12.0. The van der Waals surface area contributed by atoms with Crippen molar-refractivity contribution in [2.75, 3.05) is 11.9 Å². The number of anilines is 1. The highest BCUT2D eigenvalue weighted by Gasteiger charge is 2.13. The van der Waals surface area contributed by atoms with Crippen LogP contribution in [0.3, 0.4) is 0 Å². The Bertz CT molecular complexity index is 650. The molecule has 0 fully saturated rings. The summed E-state index contributed by atoms with van der Waals surface area (Å²) in [6, 6.07) is 4.86. The van der Waals surface area contributed by atoms with E-state index in [0.717, 1.165) is 37.7 Å². The lowest BCUT2D eigenvalue weighted by Gasteiger charge is -2.11. The molecule has 6 heteroatoms. The van der Waals surface area contributed by atoms with E-state index in [2.05, 4.69) is 12.2 Å². The Balaban J connectivity index is 2.01. The predicted molar refractivity (Wildman–Crippen MR) is 128 cm³/mol. The molecule has 0 heterocycles. The molecule has 0 aliphatic carbocycles. The fourth-order valence-corrected chi connectivity index (χ4v) is 3.63. The van der Waals surface area contributed by atoms with E-state index in [1.165, 1.54) is 57.4 Å². The number of carbonyl (C=O) groups is 2. The third-order valence-corrected chi connectivity index (χ3v) is 5.52. The van der Waals surface area contributed by atoms with Gasteiger partial charge in [-0.15, -0.1) is 0 Å². The number of carboxylic acids is 1. The van der Waals surface area contributed by atoms with Crippen molar-refractivity contribution in [2.45, 2.75) is 103 Å². The van der Waals surface area contributed by atoms with E-state index in [-0.39, 0.29) is 11.3 Å². The number of carbonyl (C=O) groups excluding carboxylic acids is 1. The molecule has 1 amide bonds. The van der Waals surface area contributed by atoms with Crippen LogP contribution in [0.2, 0.25) is 5.82 Å². The monoisotopic (exact) mass is 429 g/mol. The molecule has 0 saturated heterocycles. The topological polar surface area (TPSA) is 75.6 Å². The van der Waals surface area contributed by atoms with Crippen molar-refractivity contribution >= 4 is 25.6 Å². The maximum Gasteiger partial charge on any atom is 0.411 e. The molecule has 31 heavy (non-hydrogen) atoms. The van der Waals surface area contributed by atoms with Gasteiger partial charge in [-0.05, 0) is 25.5 Å². The number of aryl methyl sites for hydroxylation is 1. The van der Waals surface area contributed by atoms with Crippen molar-refractivity contribution in [1.29, 1.82) is 0 Å². The molecule has 5 nitrogen and oxygen atoms in total. The molecule has 0 aromatic heterocycles. The number of amides is 1. The highest BCUT2D eigenvalue weighted by Crippen LogP contribution is 2.21. The maximum atomic E-state index is 11.9. The molecule has 2 radical (unpaired) electrons. The molecule has 0 saturated carbocycles. The molecule has 0 aliphatic rings. The van der Waals surface area contributed by atoms with Crippen LogP contribution >= 0.6 is 0 Å². The van der Waals surface area contributed by atoms with Crippen molar-refractivity contribution in [3.8, 4) is 0 Å². The minimum atomic E-state index is -1.08. The van der Waals surface area contributed by atoms with Gasteiger partial charge in [0.1, 0.15) is 0 Å². The molecule has 172 valence electrons. The van der Waals surface area contributed by atoms with Gasteiger partial charge in [-0.2, -0.15) is 0 Å². The van der Waals surface area contributed by atoms with Crippen LogP contribution in [0.15, 0.2) is 18.2 Å². The van der Waals surface area contributed by atoms with Crippen molar-refractivity contribution in [3.63, 3.8) is 0 Å². The SMILES string of the molecule is [B][C@H](CCCCCC)CCCCCCCCCOC(=O)Nc1ccc(C)cc1C(=O)O. The Morgan fingerprint density at radius 3 is 2.16 bits per heavy atom. The van der Waals surface area contributed by atoms with Gasteiger partial charge in [-0.25, -0.2) is 9.59 Å². The van der Waals surface area contributed by atoms with Crippen LogP contribution in [0.25, 0.3) is 0 Å². The summed E-state index contributed by atoms with van der Waals surface area (Å²) in [6.07, 6.45) is 14.7. The molecule has 1 aromatic carbocycles. The Labute approximate surface area is 189 Å². The normalized spacial score (nSPS) is 11.8. The third kappa shape index (κ3) is 13.1. The van der Waals surface area contributed by atoms with Gasteiger partial charge in [0.15, 0.2) is 0 Å². The van der Waals surface area contributed by atoms with Crippen LogP contribution < -0.4 is 5.32 Å². The first-order valence-corrected chi connectivity index (χ1v) is 12.0. The second-order valence-corrected chi connectivity index (χ2v) is 8.49. The minimum absolute atomic E-state index is 0.0643. The van der Waals surface area contributed by atoms with E-state index in [9.17, 15) is 14.7 Å². The summed E-state index contributed by atoms with van der Waals surface area (Å²) >= 11 is 0. The zero-order valence-corrected chi connectivity index (χ0v) is 19.5. The summed E-state index contributed by atoms with van der Waals surface area (Å²) in [5.41, 5.74) is 1.14. The second kappa shape index (κ2) is 16.7. The number of rotatable bonds is 17. The highest BCUT2D eigenvalue weighted by atomic mass is 16.5. The fraction of sp³-hybridized carbons (Fsp3) is 0.680. The van der Waals surface area contributed by atoms with Gasteiger partial charge in [0.25, 0.3) is 0 Å². The molecule has 0 unspecified atom stereocenters. The summed E-state index contributed by atoms with van der Waals surface area (Å²) in [4.78, 5) is 23.2. The van der Waals surface area contributed by atoms with Crippen molar-refractivity contribution in [3.05, 3.63) is 29.3 Å². The molecular formula is C25H40BNO4. The van der Waals surface area contributed by atoms with E-state index in [0.29, 0.717) is 12.4 Å². The zero-order chi connectivity index (χ0) is 22.9. The number of benzene rings is 1. The number of hydrogen-bond acceptors (Lipinski definition) is 3. The van der Waals surface area contributed by atoms with E-state index >= 15 is 0 Å². The average Bonchev–Trinajstić information content (AvgIpc) is 2.73. The summed E-state index contributed by atoms with van der Waals surface area (Å²) in [5, 5.41) is 11.8. The van der Waals surface area contributed by atoms with Gasteiger partial charge in [0, 0.05) is 0 Å². The minimum Gasteiger partial charge on any atom is -0.478 e. The molecule has 1 rings (SSSR count). The Kier molecular flexibility index (Phi) is 14.6. The van der Waals surface area contributed by atoms with Gasteiger partial charge < -0.3 is 9.84 Å². The van der Waals surface area contributed by atoms with Crippen LogP contribution in [0.5, 0.6) is 0 Å². The van der Waals surface area contributed by atoms with E-state index in [1.807, 2.05) is 0 Å². The number of hydrogen-bond donors (Lipinski definition) is 2. The Morgan fingerprint density at radius 2 is 1.55 bits per heavy atom. The first kappa shape index (κ1) is 27.1. The number of aromatic carboxylic acids is 1. The Morgan fingerprint density at radius 1 is 0.968 bits per heavy atom. The molecular weight excluding hydrogens is 389 g/mol. The summed E-state index contributed by atoms with van der Waals surface area (Å²) in [7, 11) is 6.18. The summed E-state index contributed by atoms with van der Waals surface area (Å²) < 4.78 is 5.17. The Hall–Kier alpha value is -1.98. The van der Waals surface area contributed by atoms with Crippen LogP contribution in [-0.2, 0) is 4.74 Å². The maximum absolute atomic E-state index is 11.9. The van der Waals surface area contributed by atoms with Gasteiger partial charge >= 0.3 is 12.1 Å². The molecule has 0 aliphatic heterocycles. The van der Waals surface area contributed by atoms with Crippen LogP contribution in [0.4, 0.5) is 10.5 Å². The number of unbranched alkanes of at least 4 members (excludes halogenated alkanes) is 9. The largest absolute Gasteiger partial charge is 0.478 e. The van der Waals surface area contributed by atoms with Crippen LogP contribution in [-0.4, -0.2) is 31.6 Å².